The Kier molecular flexibility index (Phi) is 8.28. The van der Waals surface area contributed by atoms with E-state index >= 15 is 0 Å². The molecule has 1 N–H and O–H groups in total. The lowest BCUT2D eigenvalue weighted by Crippen LogP contribution is -2.10. The van der Waals surface area contributed by atoms with E-state index in [1.807, 2.05) is 0 Å². The van der Waals surface area contributed by atoms with Crippen LogP contribution in [-0.2, 0) is 19.7 Å². The molecule has 1 aromatic heterocycles. The first-order valence-electron chi connectivity index (χ1n) is 12.8. The Morgan fingerprint density at radius 1 is 0.628 bits per heavy atom. The van der Waals surface area contributed by atoms with Gasteiger partial charge in [-0.2, -0.15) is 9.97 Å². The minimum absolute atomic E-state index is 0.00761. The van der Waals surface area contributed by atoms with Gasteiger partial charge in [-0.05, 0) is 74.5 Å². The first kappa shape index (κ1) is 29.5. The molecule has 0 aliphatic carbocycles. The summed E-state index contributed by atoms with van der Waals surface area (Å²) in [4.78, 5) is 11.5. The van der Waals surface area contributed by atoms with Gasteiger partial charge in [-0.15, -0.1) is 4.98 Å². The fourth-order valence-corrected chi connectivity index (χ4v) is 6.71. The SMILES string of the molecule is CC(C)Oc1ncnc(Oc2c(Oc3ccccc3S(=O)(=O)c3ccc(O)cc3)cccc2S(=O)(=O)c2ccccc2)n1. The highest BCUT2D eigenvalue weighted by atomic mass is 32.2. The largest absolute Gasteiger partial charge is 0.508 e. The van der Waals surface area contributed by atoms with Crippen molar-refractivity contribution in [1.82, 2.24) is 15.0 Å². The van der Waals surface area contributed by atoms with Gasteiger partial charge in [-0.1, -0.05) is 36.4 Å². The number of sulfone groups is 2. The van der Waals surface area contributed by atoms with Gasteiger partial charge in [-0.25, -0.2) is 16.8 Å². The fourth-order valence-electron chi connectivity index (χ4n) is 3.92. The molecule has 4 aromatic carbocycles. The number of aromatic hydroxyl groups is 1. The molecular formula is C30H25N3O8S2. The molecule has 5 rings (SSSR count). The Bertz CT molecular complexity index is 1970. The molecule has 0 saturated heterocycles. The highest BCUT2D eigenvalue weighted by Crippen LogP contribution is 2.43. The van der Waals surface area contributed by atoms with Crippen LogP contribution in [0.15, 0.2) is 123 Å². The lowest BCUT2D eigenvalue weighted by Gasteiger charge is -2.17. The van der Waals surface area contributed by atoms with Crippen LogP contribution in [0.5, 0.6) is 35.0 Å². The van der Waals surface area contributed by atoms with Crippen molar-refractivity contribution >= 4 is 19.7 Å². The van der Waals surface area contributed by atoms with Crippen molar-refractivity contribution in [3.8, 4) is 35.0 Å². The molecule has 13 heteroatoms. The third-order valence-electron chi connectivity index (χ3n) is 5.85. The van der Waals surface area contributed by atoms with E-state index in [1.54, 1.807) is 38.1 Å². The molecule has 11 nitrogen and oxygen atoms in total. The topological polar surface area (TPSA) is 155 Å². The maximum atomic E-state index is 13.8. The first-order valence-corrected chi connectivity index (χ1v) is 15.8. The Morgan fingerprint density at radius 2 is 1.21 bits per heavy atom. The van der Waals surface area contributed by atoms with Gasteiger partial charge in [0, 0.05) is 0 Å². The Balaban J connectivity index is 1.64. The van der Waals surface area contributed by atoms with E-state index in [0.717, 1.165) is 6.33 Å². The maximum absolute atomic E-state index is 13.8. The molecule has 0 saturated carbocycles. The molecule has 0 fully saturated rings. The normalized spacial score (nSPS) is 11.7. The number of aromatic nitrogens is 3. The number of hydrogen-bond acceptors (Lipinski definition) is 11. The zero-order valence-corrected chi connectivity index (χ0v) is 24.5. The molecule has 0 aliphatic rings. The van der Waals surface area contributed by atoms with E-state index in [1.165, 1.54) is 72.8 Å². The highest BCUT2D eigenvalue weighted by molar-refractivity contribution is 7.92. The zero-order valence-electron chi connectivity index (χ0n) is 22.9. The molecule has 0 unspecified atom stereocenters. The summed E-state index contributed by atoms with van der Waals surface area (Å²) in [5.41, 5.74) is 0. The second-order valence-corrected chi connectivity index (χ2v) is 13.1. The summed E-state index contributed by atoms with van der Waals surface area (Å²) in [5.74, 6) is -0.613. The van der Waals surface area contributed by atoms with Crippen molar-refractivity contribution < 1.29 is 36.2 Å². The summed E-state index contributed by atoms with van der Waals surface area (Å²) < 4.78 is 72.2. The monoisotopic (exact) mass is 619 g/mol. The van der Waals surface area contributed by atoms with Crippen molar-refractivity contribution in [2.75, 3.05) is 0 Å². The molecule has 5 aromatic rings. The number of ether oxygens (including phenoxy) is 3. The number of para-hydroxylation sites is 2. The minimum Gasteiger partial charge on any atom is -0.508 e. The molecule has 0 atom stereocenters. The summed E-state index contributed by atoms with van der Waals surface area (Å²) >= 11 is 0. The molecule has 220 valence electrons. The molecule has 1 heterocycles. The number of rotatable bonds is 10. The van der Waals surface area contributed by atoms with E-state index in [-0.39, 0.29) is 60.7 Å². The maximum Gasteiger partial charge on any atom is 0.328 e. The van der Waals surface area contributed by atoms with Crippen LogP contribution in [0.1, 0.15) is 13.8 Å². The smallest absolute Gasteiger partial charge is 0.328 e. The standard InChI is InChI=1S/C30H25N3O8S2/c1-20(2)39-29-31-19-32-30(33-29)41-28-25(12-8-14-27(28)43(37,38)22-9-4-3-5-10-22)40-24-11-6-7-13-26(24)42(35,36)23-17-15-21(34)16-18-23/h3-20,34H,1-2H3. The average molecular weight is 620 g/mol. The van der Waals surface area contributed by atoms with Crippen molar-refractivity contribution in [2.45, 2.75) is 39.5 Å². The zero-order chi connectivity index (χ0) is 30.6. The van der Waals surface area contributed by atoms with Crippen LogP contribution in [0.4, 0.5) is 0 Å². The molecule has 0 spiro atoms. The van der Waals surface area contributed by atoms with Crippen LogP contribution >= 0.6 is 0 Å². The van der Waals surface area contributed by atoms with Gasteiger partial charge in [0.1, 0.15) is 27.6 Å². The van der Waals surface area contributed by atoms with E-state index < -0.39 is 19.7 Å². The predicted octanol–water partition coefficient (Wildman–Crippen LogP) is 5.61. The number of hydrogen-bond donors (Lipinski definition) is 1. The van der Waals surface area contributed by atoms with Gasteiger partial charge in [0.15, 0.2) is 11.5 Å². The lowest BCUT2D eigenvalue weighted by atomic mass is 10.3. The van der Waals surface area contributed by atoms with Gasteiger partial charge in [-0.3, -0.25) is 0 Å². The van der Waals surface area contributed by atoms with E-state index in [2.05, 4.69) is 15.0 Å². The van der Waals surface area contributed by atoms with Gasteiger partial charge < -0.3 is 19.3 Å². The summed E-state index contributed by atoms with van der Waals surface area (Å²) in [6.07, 6.45) is 0.890. The van der Waals surface area contributed by atoms with Gasteiger partial charge in [0.05, 0.1) is 15.9 Å². The van der Waals surface area contributed by atoms with E-state index in [0.29, 0.717) is 0 Å². The number of benzene rings is 4. The third-order valence-corrected chi connectivity index (χ3v) is 9.46. The minimum atomic E-state index is -4.17. The van der Waals surface area contributed by atoms with Gasteiger partial charge in [0.2, 0.25) is 19.7 Å². The van der Waals surface area contributed by atoms with Gasteiger partial charge >= 0.3 is 12.0 Å². The van der Waals surface area contributed by atoms with Crippen LogP contribution in [-0.4, -0.2) is 43.0 Å². The Labute approximate surface area is 248 Å². The number of nitrogens with zero attached hydrogens (tertiary/aromatic N) is 3. The highest BCUT2D eigenvalue weighted by Gasteiger charge is 2.28. The van der Waals surface area contributed by atoms with Crippen LogP contribution in [0.3, 0.4) is 0 Å². The molecule has 0 aliphatic heterocycles. The molecule has 0 bridgehead atoms. The molecule has 0 amide bonds. The fraction of sp³-hybridized carbons (Fsp3) is 0.100. The van der Waals surface area contributed by atoms with Crippen molar-refractivity contribution in [2.24, 2.45) is 0 Å². The van der Waals surface area contributed by atoms with Gasteiger partial charge in [0.25, 0.3) is 0 Å². The summed E-state index contributed by atoms with van der Waals surface area (Å²) in [5, 5.41) is 9.62. The van der Waals surface area contributed by atoms with Crippen LogP contribution in [0, 0.1) is 0 Å². The van der Waals surface area contributed by atoms with Crippen LogP contribution in [0.25, 0.3) is 0 Å². The molecule has 0 radical (unpaired) electrons. The summed E-state index contributed by atoms with van der Waals surface area (Å²) in [7, 11) is -8.29. The van der Waals surface area contributed by atoms with Crippen LogP contribution < -0.4 is 14.2 Å². The average Bonchev–Trinajstić information content (AvgIpc) is 2.99. The Hall–Kier alpha value is -5.01. The predicted molar refractivity (Wildman–Crippen MR) is 154 cm³/mol. The molecule has 43 heavy (non-hydrogen) atoms. The Morgan fingerprint density at radius 3 is 1.93 bits per heavy atom. The first-order chi connectivity index (χ1) is 20.6. The third kappa shape index (κ3) is 6.42. The lowest BCUT2D eigenvalue weighted by molar-refractivity contribution is 0.218. The molecular weight excluding hydrogens is 594 g/mol. The van der Waals surface area contributed by atoms with Crippen molar-refractivity contribution in [3.63, 3.8) is 0 Å². The number of phenols is 1. The number of phenolic OH excluding ortho intramolecular Hbond substituents is 1. The summed E-state index contributed by atoms with van der Waals surface area (Å²) in [6.45, 7) is 3.56. The van der Waals surface area contributed by atoms with E-state index in [4.69, 9.17) is 14.2 Å². The van der Waals surface area contributed by atoms with Crippen LogP contribution in [0.2, 0.25) is 0 Å². The van der Waals surface area contributed by atoms with Crippen molar-refractivity contribution in [1.29, 1.82) is 0 Å². The summed E-state index contributed by atoms with van der Waals surface area (Å²) in [6, 6.07) is 22.5. The second kappa shape index (κ2) is 12.1. The quantitative estimate of drug-likeness (QED) is 0.207. The van der Waals surface area contributed by atoms with E-state index in [9.17, 15) is 21.9 Å². The van der Waals surface area contributed by atoms with Crippen molar-refractivity contribution in [3.05, 3.63) is 103 Å². The second-order valence-electron chi connectivity index (χ2n) is 9.27.